The van der Waals surface area contributed by atoms with Gasteiger partial charge in [-0.15, -0.1) is 23.2 Å². The SMILES string of the molecule is CCOC(=O)CNC(=O)CNC(=O)[C@H](Cc1ccc(N(CCCl)CCCl)cc1)NC(C)=O. The normalized spacial score (nSPS) is 11.2. The molecule has 0 aliphatic carbocycles. The number of esters is 1. The molecule has 0 aliphatic heterocycles. The van der Waals surface area contributed by atoms with E-state index < -0.39 is 23.8 Å². The number of carbonyl (C=O) groups excluding carboxylic acids is 4. The highest BCUT2D eigenvalue weighted by Crippen LogP contribution is 2.16. The average molecular weight is 489 g/mol. The van der Waals surface area contributed by atoms with Crippen molar-refractivity contribution in [3.63, 3.8) is 0 Å². The molecule has 0 aliphatic rings. The molecular weight excluding hydrogens is 459 g/mol. The van der Waals surface area contributed by atoms with Crippen LogP contribution >= 0.6 is 23.2 Å². The second kappa shape index (κ2) is 15.3. The van der Waals surface area contributed by atoms with Crippen molar-refractivity contribution < 1.29 is 23.9 Å². The quantitative estimate of drug-likeness (QED) is 0.263. The van der Waals surface area contributed by atoms with Gasteiger partial charge in [-0.05, 0) is 24.6 Å². The first-order valence-corrected chi connectivity index (χ1v) is 11.3. The lowest BCUT2D eigenvalue weighted by Gasteiger charge is -2.23. The third kappa shape index (κ3) is 10.7. The molecule has 0 radical (unpaired) electrons. The molecule has 1 aromatic carbocycles. The van der Waals surface area contributed by atoms with E-state index in [0.717, 1.165) is 11.3 Å². The molecule has 178 valence electrons. The smallest absolute Gasteiger partial charge is 0.325 e. The van der Waals surface area contributed by atoms with Crippen LogP contribution in [0, 0.1) is 0 Å². The van der Waals surface area contributed by atoms with Crippen molar-refractivity contribution in [3.05, 3.63) is 29.8 Å². The molecule has 0 fully saturated rings. The summed E-state index contributed by atoms with van der Waals surface area (Å²) in [6, 6.07) is 6.66. The molecule has 1 atom stereocenters. The molecule has 0 saturated carbocycles. The van der Waals surface area contributed by atoms with Crippen LogP contribution in [0.5, 0.6) is 0 Å². The maximum Gasteiger partial charge on any atom is 0.325 e. The lowest BCUT2D eigenvalue weighted by Crippen LogP contribution is -2.49. The third-order valence-electron chi connectivity index (χ3n) is 4.30. The van der Waals surface area contributed by atoms with Crippen molar-refractivity contribution in [1.29, 1.82) is 0 Å². The number of benzene rings is 1. The first-order valence-electron chi connectivity index (χ1n) is 10.2. The van der Waals surface area contributed by atoms with E-state index in [1.807, 2.05) is 24.3 Å². The minimum Gasteiger partial charge on any atom is -0.465 e. The van der Waals surface area contributed by atoms with Crippen molar-refractivity contribution in [1.82, 2.24) is 16.0 Å². The summed E-state index contributed by atoms with van der Waals surface area (Å²) in [6.07, 6.45) is 0.237. The zero-order valence-corrected chi connectivity index (χ0v) is 19.8. The van der Waals surface area contributed by atoms with Gasteiger partial charge < -0.3 is 25.6 Å². The minimum atomic E-state index is -0.863. The standard InChI is InChI=1S/C21H30Cl2N4O5/c1-3-32-20(30)14-24-19(29)13-25-21(31)18(26-15(2)28)12-16-4-6-17(7-5-16)27(10-8-22)11-9-23/h4-7,18H,3,8-14H2,1-2H3,(H,24,29)(H,25,31)(H,26,28)/t18-/m0/s1. The zero-order valence-electron chi connectivity index (χ0n) is 18.3. The highest BCUT2D eigenvalue weighted by atomic mass is 35.5. The maximum absolute atomic E-state index is 12.5. The van der Waals surface area contributed by atoms with Crippen LogP contribution in [0.15, 0.2) is 24.3 Å². The summed E-state index contributed by atoms with van der Waals surface area (Å²) in [5.41, 5.74) is 1.78. The van der Waals surface area contributed by atoms with Crippen LogP contribution in [0.25, 0.3) is 0 Å². The van der Waals surface area contributed by atoms with Crippen LogP contribution in [0.3, 0.4) is 0 Å². The summed E-state index contributed by atoms with van der Waals surface area (Å²) in [6.45, 7) is 3.87. The van der Waals surface area contributed by atoms with Gasteiger partial charge in [0.15, 0.2) is 0 Å². The number of ether oxygens (including phenoxy) is 1. The Kier molecular flexibility index (Phi) is 13.2. The predicted molar refractivity (Wildman–Crippen MR) is 124 cm³/mol. The van der Waals surface area contributed by atoms with E-state index in [0.29, 0.717) is 24.8 Å². The lowest BCUT2D eigenvalue weighted by molar-refractivity contribution is -0.143. The molecule has 32 heavy (non-hydrogen) atoms. The van der Waals surface area contributed by atoms with Crippen molar-refractivity contribution in [2.75, 3.05) is 49.4 Å². The van der Waals surface area contributed by atoms with Gasteiger partial charge >= 0.3 is 5.97 Å². The maximum atomic E-state index is 12.5. The Labute approximate surface area is 198 Å². The van der Waals surface area contributed by atoms with E-state index in [2.05, 4.69) is 20.9 Å². The molecule has 3 N–H and O–H groups in total. The molecule has 0 aromatic heterocycles. The van der Waals surface area contributed by atoms with E-state index >= 15 is 0 Å². The molecule has 1 aromatic rings. The molecule has 9 nitrogen and oxygen atoms in total. The second-order valence-electron chi connectivity index (χ2n) is 6.79. The molecule has 0 heterocycles. The molecule has 0 bridgehead atoms. The zero-order chi connectivity index (χ0) is 23.9. The fourth-order valence-electron chi connectivity index (χ4n) is 2.84. The van der Waals surface area contributed by atoms with Gasteiger partial charge in [0.25, 0.3) is 0 Å². The number of anilines is 1. The summed E-state index contributed by atoms with van der Waals surface area (Å²) < 4.78 is 4.71. The average Bonchev–Trinajstić information content (AvgIpc) is 2.76. The van der Waals surface area contributed by atoms with Gasteiger partial charge in [-0.1, -0.05) is 12.1 Å². The molecule has 0 saturated heterocycles. The number of halogens is 2. The molecule has 1 rings (SSSR count). The van der Waals surface area contributed by atoms with E-state index in [-0.39, 0.29) is 32.0 Å². The first kappa shape index (κ1) is 27.5. The number of nitrogens with one attached hydrogen (secondary N) is 3. The topological polar surface area (TPSA) is 117 Å². The number of hydrogen-bond donors (Lipinski definition) is 3. The van der Waals surface area contributed by atoms with Crippen molar-refractivity contribution >= 4 is 52.6 Å². The predicted octanol–water partition coefficient (Wildman–Crippen LogP) is 0.813. The number of nitrogens with zero attached hydrogens (tertiary/aromatic N) is 1. The van der Waals surface area contributed by atoms with Crippen LogP contribution in [0.1, 0.15) is 19.4 Å². The van der Waals surface area contributed by atoms with Gasteiger partial charge in [-0.25, -0.2) is 0 Å². The number of rotatable bonds is 14. The van der Waals surface area contributed by atoms with E-state index in [1.54, 1.807) is 6.92 Å². The van der Waals surface area contributed by atoms with Gasteiger partial charge in [0.2, 0.25) is 17.7 Å². The first-order chi connectivity index (χ1) is 15.3. The van der Waals surface area contributed by atoms with Gasteiger partial charge in [0, 0.05) is 43.9 Å². The van der Waals surface area contributed by atoms with Crippen LogP contribution in [0.4, 0.5) is 5.69 Å². The van der Waals surface area contributed by atoms with Crippen molar-refractivity contribution in [3.8, 4) is 0 Å². The lowest BCUT2D eigenvalue weighted by atomic mass is 10.0. The van der Waals surface area contributed by atoms with Crippen LogP contribution in [0.2, 0.25) is 0 Å². The molecule has 11 heteroatoms. The van der Waals surface area contributed by atoms with E-state index in [9.17, 15) is 19.2 Å². The van der Waals surface area contributed by atoms with Gasteiger partial charge in [-0.3, -0.25) is 19.2 Å². The van der Waals surface area contributed by atoms with E-state index in [1.165, 1.54) is 6.92 Å². The van der Waals surface area contributed by atoms with Crippen LogP contribution < -0.4 is 20.9 Å². The Morgan fingerprint density at radius 1 is 1.00 bits per heavy atom. The summed E-state index contributed by atoms with van der Waals surface area (Å²) in [5, 5.41) is 7.42. The number of hydrogen-bond acceptors (Lipinski definition) is 6. The summed E-state index contributed by atoms with van der Waals surface area (Å²) in [4.78, 5) is 49.2. The van der Waals surface area contributed by atoms with Gasteiger partial charge in [-0.2, -0.15) is 0 Å². The fraction of sp³-hybridized carbons (Fsp3) is 0.524. The van der Waals surface area contributed by atoms with Crippen LogP contribution in [-0.4, -0.2) is 74.3 Å². The number of alkyl halides is 2. The van der Waals surface area contributed by atoms with E-state index in [4.69, 9.17) is 27.9 Å². The fourth-order valence-corrected chi connectivity index (χ4v) is 3.25. The number of carbonyl (C=O) groups is 4. The Balaban J connectivity index is 2.69. The third-order valence-corrected chi connectivity index (χ3v) is 4.64. The minimum absolute atomic E-state index is 0.211. The summed E-state index contributed by atoms with van der Waals surface area (Å²) >= 11 is 11.7. The summed E-state index contributed by atoms with van der Waals surface area (Å²) in [7, 11) is 0. The Hall–Kier alpha value is -2.52. The van der Waals surface area contributed by atoms with Gasteiger partial charge in [0.05, 0.1) is 13.2 Å². The largest absolute Gasteiger partial charge is 0.465 e. The Bertz CT molecular complexity index is 755. The summed E-state index contributed by atoms with van der Waals surface area (Å²) in [5.74, 6) is -1.06. The van der Waals surface area contributed by atoms with Gasteiger partial charge in [0.1, 0.15) is 12.6 Å². The monoisotopic (exact) mass is 488 g/mol. The highest BCUT2D eigenvalue weighted by molar-refractivity contribution is 6.18. The Morgan fingerprint density at radius 2 is 1.62 bits per heavy atom. The molecule has 0 unspecified atom stereocenters. The molecular formula is C21H30Cl2N4O5. The second-order valence-corrected chi connectivity index (χ2v) is 7.54. The number of amides is 3. The van der Waals surface area contributed by atoms with Crippen molar-refractivity contribution in [2.45, 2.75) is 26.3 Å². The van der Waals surface area contributed by atoms with Crippen LogP contribution in [-0.2, 0) is 30.3 Å². The highest BCUT2D eigenvalue weighted by Gasteiger charge is 2.21. The molecule has 0 spiro atoms. The van der Waals surface area contributed by atoms with Crippen molar-refractivity contribution in [2.24, 2.45) is 0 Å². The Morgan fingerprint density at radius 3 is 2.16 bits per heavy atom. The molecule has 3 amide bonds.